The van der Waals surface area contributed by atoms with Gasteiger partial charge in [-0.1, -0.05) is 6.92 Å². The Hall–Kier alpha value is -1.13. The molecule has 2 aromatic heterocycles. The Morgan fingerprint density at radius 3 is 3.06 bits per heavy atom. The van der Waals surface area contributed by atoms with Crippen molar-refractivity contribution in [3.8, 4) is 0 Å². The molecule has 0 saturated heterocycles. The van der Waals surface area contributed by atoms with Gasteiger partial charge in [-0.15, -0.1) is 11.3 Å². The third kappa shape index (κ3) is 2.18. The van der Waals surface area contributed by atoms with Crippen molar-refractivity contribution in [2.45, 2.75) is 32.9 Å². The predicted molar refractivity (Wildman–Crippen MR) is 67.6 cm³/mol. The highest BCUT2D eigenvalue weighted by Crippen LogP contribution is 2.20. The van der Waals surface area contributed by atoms with Crippen molar-refractivity contribution in [2.24, 2.45) is 5.73 Å². The van der Waals surface area contributed by atoms with Crippen LogP contribution in [0, 0.1) is 0 Å². The number of hydrogen-bond donors (Lipinski definition) is 1. The van der Waals surface area contributed by atoms with Gasteiger partial charge in [0.25, 0.3) is 0 Å². The molecule has 0 aliphatic rings. The zero-order chi connectivity index (χ0) is 11.5. The number of hydrogen-bond acceptors (Lipinski definition) is 3. The number of aromatic nitrogens is 2. The summed E-state index contributed by atoms with van der Waals surface area (Å²) in [6, 6.07) is 2.23. The summed E-state index contributed by atoms with van der Waals surface area (Å²) in [4.78, 5) is 5.57. The van der Waals surface area contributed by atoms with Gasteiger partial charge in [-0.25, -0.2) is 4.98 Å². The van der Waals surface area contributed by atoms with Crippen LogP contribution in [0.15, 0.2) is 24.0 Å². The Kier molecular flexibility index (Phi) is 3.41. The summed E-state index contributed by atoms with van der Waals surface area (Å²) >= 11 is 1.80. The van der Waals surface area contributed by atoms with E-state index in [0.717, 1.165) is 18.7 Å². The molecule has 0 bridgehead atoms. The number of thiophene rings is 1. The first-order chi connectivity index (χ1) is 7.72. The molecule has 2 aromatic rings. The second-order valence-corrected chi connectivity index (χ2v) is 4.96. The highest BCUT2D eigenvalue weighted by atomic mass is 32.1. The zero-order valence-corrected chi connectivity index (χ0v) is 10.5. The molecule has 1 atom stereocenters. The maximum atomic E-state index is 5.90. The van der Waals surface area contributed by atoms with Crippen molar-refractivity contribution in [2.75, 3.05) is 0 Å². The average molecular weight is 235 g/mol. The van der Waals surface area contributed by atoms with Crippen molar-refractivity contribution in [3.63, 3.8) is 0 Å². The van der Waals surface area contributed by atoms with Crippen LogP contribution < -0.4 is 5.73 Å². The monoisotopic (exact) mass is 235 g/mol. The fraction of sp³-hybridized carbons (Fsp3) is 0.417. The Bertz CT molecular complexity index is 456. The van der Waals surface area contributed by atoms with Crippen LogP contribution in [0.1, 0.15) is 36.0 Å². The van der Waals surface area contributed by atoms with Gasteiger partial charge in [-0.3, -0.25) is 0 Å². The smallest absolute Gasteiger partial charge is 0.0952 e. The normalized spacial score (nSPS) is 12.9. The van der Waals surface area contributed by atoms with Gasteiger partial charge in [0.05, 0.1) is 18.6 Å². The predicted octanol–water partition coefficient (Wildman–Crippen LogP) is 2.58. The van der Waals surface area contributed by atoms with E-state index in [9.17, 15) is 0 Å². The van der Waals surface area contributed by atoms with E-state index < -0.39 is 0 Å². The summed E-state index contributed by atoms with van der Waals surface area (Å²) in [6.45, 7) is 5.06. The minimum Gasteiger partial charge on any atom is -0.328 e. The SMILES string of the molecule is CCc1ccsc1Cn1cncc1[C@@H](C)N. The fourth-order valence-corrected chi connectivity index (χ4v) is 2.79. The first kappa shape index (κ1) is 11.4. The van der Waals surface area contributed by atoms with E-state index in [2.05, 4.69) is 27.9 Å². The second-order valence-electron chi connectivity index (χ2n) is 3.96. The molecule has 2 rings (SSSR count). The van der Waals surface area contributed by atoms with Gasteiger partial charge in [-0.2, -0.15) is 0 Å². The molecule has 2 N–H and O–H groups in total. The minimum absolute atomic E-state index is 0.0348. The summed E-state index contributed by atoms with van der Waals surface area (Å²) in [6.07, 6.45) is 4.79. The maximum absolute atomic E-state index is 5.90. The molecule has 0 aliphatic heterocycles. The molecule has 3 nitrogen and oxygen atoms in total. The van der Waals surface area contributed by atoms with E-state index in [1.807, 2.05) is 19.4 Å². The molecule has 4 heteroatoms. The molecule has 2 heterocycles. The molecule has 16 heavy (non-hydrogen) atoms. The van der Waals surface area contributed by atoms with Crippen molar-refractivity contribution in [3.05, 3.63) is 40.1 Å². The van der Waals surface area contributed by atoms with Crippen LogP contribution in [0.25, 0.3) is 0 Å². The first-order valence-corrected chi connectivity index (χ1v) is 6.41. The van der Waals surface area contributed by atoms with Crippen LogP contribution in [-0.2, 0) is 13.0 Å². The van der Waals surface area contributed by atoms with Crippen LogP contribution in [0.2, 0.25) is 0 Å². The topological polar surface area (TPSA) is 43.8 Å². The van der Waals surface area contributed by atoms with Gasteiger partial charge in [0.15, 0.2) is 0 Å². The quantitative estimate of drug-likeness (QED) is 0.885. The molecule has 0 unspecified atom stereocenters. The summed E-state index contributed by atoms with van der Waals surface area (Å²) in [5.41, 5.74) is 8.42. The van der Waals surface area contributed by atoms with E-state index in [0.29, 0.717) is 0 Å². The molecule has 0 radical (unpaired) electrons. The van der Waals surface area contributed by atoms with Crippen LogP contribution in [0.4, 0.5) is 0 Å². The standard InChI is InChI=1S/C12H17N3S/c1-3-10-4-5-16-12(10)7-15-8-14-6-11(15)9(2)13/h4-6,8-9H,3,7,13H2,1-2H3/t9-/m1/s1. The molecule has 0 spiro atoms. The summed E-state index contributed by atoms with van der Waals surface area (Å²) in [5, 5.41) is 2.15. The average Bonchev–Trinajstić information content (AvgIpc) is 2.86. The molecule has 0 fully saturated rings. The number of nitrogens with zero attached hydrogens (tertiary/aromatic N) is 2. The van der Waals surface area contributed by atoms with Gasteiger partial charge in [0.1, 0.15) is 0 Å². The molecule has 0 amide bonds. The van der Waals surface area contributed by atoms with Crippen LogP contribution in [0.3, 0.4) is 0 Å². The van der Waals surface area contributed by atoms with Crippen molar-refractivity contribution in [1.29, 1.82) is 0 Å². The van der Waals surface area contributed by atoms with Gasteiger partial charge in [0, 0.05) is 17.1 Å². The van der Waals surface area contributed by atoms with Gasteiger partial charge >= 0.3 is 0 Å². The van der Waals surface area contributed by atoms with Crippen LogP contribution in [0.5, 0.6) is 0 Å². The van der Waals surface area contributed by atoms with E-state index in [1.54, 1.807) is 11.3 Å². The zero-order valence-electron chi connectivity index (χ0n) is 9.68. The van der Waals surface area contributed by atoms with E-state index in [4.69, 9.17) is 5.73 Å². The van der Waals surface area contributed by atoms with Crippen molar-refractivity contribution < 1.29 is 0 Å². The van der Waals surface area contributed by atoms with Gasteiger partial charge < -0.3 is 10.3 Å². The van der Waals surface area contributed by atoms with E-state index >= 15 is 0 Å². The Labute approximate surface area is 99.9 Å². The lowest BCUT2D eigenvalue weighted by atomic mass is 10.2. The second kappa shape index (κ2) is 4.80. The maximum Gasteiger partial charge on any atom is 0.0952 e. The first-order valence-electron chi connectivity index (χ1n) is 5.53. The largest absolute Gasteiger partial charge is 0.328 e. The molecular weight excluding hydrogens is 218 g/mol. The fourth-order valence-electron chi connectivity index (χ4n) is 1.82. The van der Waals surface area contributed by atoms with E-state index in [1.165, 1.54) is 10.4 Å². The van der Waals surface area contributed by atoms with Crippen molar-refractivity contribution >= 4 is 11.3 Å². The lowest BCUT2D eigenvalue weighted by Crippen LogP contribution is -2.12. The summed E-state index contributed by atoms with van der Waals surface area (Å²) in [5.74, 6) is 0. The highest BCUT2D eigenvalue weighted by Gasteiger charge is 2.09. The molecule has 86 valence electrons. The van der Waals surface area contributed by atoms with Crippen LogP contribution in [-0.4, -0.2) is 9.55 Å². The molecule has 0 aromatic carbocycles. The molecular formula is C12H17N3S. The number of nitrogens with two attached hydrogens (primary N) is 1. The molecule has 0 saturated carbocycles. The van der Waals surface area contributed by atoms with Gasteiger partial charge in [-0.05, 0) is 30.4 Å². The lowest BCUT2D eigenvalue weighted by Gasteiger charge is -2.10. The Morgan fingerprint density at radius 1 is 1.56 bits per heavy atom. The number of imidazole rings is 1. The van der Waals surface area contributed by atoms with Crippen molar-refractivity contribution in [1.82, 2.24) is 9.55 Å². The number of rotatable bonds is 4. The Balaban J connectivity index is 2.23. The van der Waals surface area contributed by atoms with Gasteiger partial charge in [0.2, 0.25) is 0 Å². The minimum atomic E-state index is 0.0348. The lowest BCUT2D eigenvalue weighted by molar-refractivity contribution is 0.677. The number of aryl methyl sites for hydroxylation is 1. The molecule has 0 aliphatic carbocycles. The Morgan fingerprint density at radius 2 is 2.38 bits per heavy atom. The third-order valence-electron chi connectivity index (χ3n) is 2.74. The van der Waals surface area contributed by atoms with E-state index in [-0.39, 0.29) is 6.04 Å². The highest BCUT2D eigenvalue weighted by molar-refractivity contribution is 7.10. The third-order valence-corrected chi connectivity index (χ3v) is 3.69. The van der Waals surface area contributed by atoms with Crippen LogP contribution >= 0.6 is 11.3 Å². The summed E-state index contributed by atoms with van der Waals surface area (Å²) < 4.78 is 2.13. The summed E-state index contributed by atoms with van der Waals surface area (Å²) in [7, 11) is 0.